The van der Waals surface area contributed by atoms with Gasteiger partial charge in [0, 0.05) is 27.9 Å². The first-order chi connectivity index (χ1) is 15.4. The monoisotopic (exact) mass is 483 g/mol. The summed E-state index contributed by atoms with van der Waals surface area (Å²) in [6.07, 6.45) is -3.05. The number of rotatable bonds is 6. The van der Waals surface area contributed by atoms with Crippen LogP contribution in [0.25, 0.3) is 10.9 Å². The van der Waals surface area contributed by atoms with Crippen LogP contribution in [0.15, 0.2) is 48.2 Å². The number of methoxy groups -OCH3 is 1. The molecule has 0 amide bonds. The second-order valence-electron chi connectivity index (χ2n) is 7.78. The highest BCUT2D eigenvalue weighted by molar-refractivity contribution is 6.30. The Kier molecular flexibility index (Phi) is 6.85. The molecule has 0 spiro atoms. The molecule has 33 heavy (non-hydrogen) atoms. The minimum absolute atomic E-state index is 0.00951. The van der Waals surface area contributed by atoms with Gasteiger partial charge in [-0.15, -0.1) is 0 Å². The van der Waals surface area contributed by atoms with Crippen LogP contribution in [-0.4, -0.2) is 34.0 Å². The number of ether oxygens (including phenoxy) is 1. The number of benzene rings is 2. The summed E-state index contributed by atoms with van der Waals surface area (Å²) in [6.45, 7) is 4.45. The highest BCUT2D eigenvalue weighted by Gasteiger charge is 2.58. The number of alkyl halides is 3. The lowest BCUT2D eigenvalue weighted by Gasteiger charge is -2.38. The Balaban J connectivity index is 2.31. The normalized spacial score (nSPS) is 14.5. The summed E-state index contributed by atoms with van der Waals surface area (Å²) in [5.41, 5.74) is -3.10. The number of nitrogens with one attached hydrogen (secondary N) is 1. The van der Waals surface area contributed by atoms with Crippen LogP contribution in [0.2, 0.25) is 5.02 Å². The molecule has 2 atom stereocenters. The van der Waals surface area contributed by atoms with Gasteiger partial charge in [0.1, 0.15) is 22.9 Å². The predicted molar refractivity (Wildman–Crippen MR) is 119 cm³/mol. The molecule has 176 valence electrons. The zero-order valence-electron chi connectivity index (χ0n) is 18.3. The fraction of sp³-hybridized carbons (Fsp3) is 0.304. The van der Waals surface area contributed by atoms with E-state index >= 15 is 0 Å². The molecule has 0 fully saturated rings. The average molecular weight is 484 g/mol. The van der Waals surface area contributed by atoms with Crippen molar-refractivity contribution in [3.05, 3.63) is 70.4 Å². The molecular weight excluding hydrogens is 462 g/mol. The summed E-state index contributed by atoms with van der Waals surface area (Å²) in [6, 6.07) is 4.63. The lowest BCUT2D eigenvalue weighted by molar-refractivity contribution is -0.246. The molecular formula is C23H22ClF4N3O2. The van der Waals surface area contributed by atoms with Crippen molar-refractivity contribution in [3.8, 4) is 5.75 Å². The third-order valence-corrected chi connectivity index (χ3v) is 5.27. The van der Waals surface area contributed by atoms with Crippen molar-refractivity contribution < 1.29 is 27.4 Å². The van der Waals surface area contributed by atoms with E-state index in [-0.39, 0.29) is 38.5 Å². The number of allylic oxidation sites excluding steroid dienone is 1. The summed E-state index contributed by atoms with van der Waals surface area (Å²) in [5.74, 6) is -0.328. The van der Waals surface area contributed by atoms with Crippen molar-refractivity contribution in [1.82, 2.24) is 9.97 Å². The number of hydrogen-bond donors (Lipinski definition) is 2. The molecule has 0 aliphatic heterocycles. The molecule has 10 heteroatoms. The highest BCUT2D eigenvalue weighted by Crippen LogP contribution is 2.46. The molecule has 2 N–H and O–H groups in total. The van der Waals surface area contributed by atoms with Gasteiger partial charge in [0.15, 0.2) is 0 Å². The largest absolute Gasteiger partial charge is 0.496 e. The summed E-state index contributed by atoms with van der Waals surface area (Å²) in [5, 5.41) is 14.2. The maximum absolute atomic E-state index is 14.4. The second kappa shape index (κ2) is 9.15. The number of aliphatic hydroxyl groups is 1. The Morgan fingerprint density at radius 3 is 2.52 bits per heavy atom. The Morgan fingerprint density at radius 2 is 1.91 bits per heavy atom. The summed E-state index contributed by atoms with van der Waals surface area (Å²) >= 11 is 6.00. The first kappa shape index (κ1) is 24.7. The van der Waals surface area contributed by atoms with Gasteiger partial charge in [-0.25, -0.2) is 14.4 Å². The Hall–Kier alpha value is -2.91. The zero-order valence-corrected chi connectivity index (χ0v) is 19.0. The van der Waals surface area contributed by atoms with Crippen LogP contribution in [0.5, 0.6) is 5.75 Å². The molecule has 1 aromatic heterocycles. The van der Waals surface area contributed by atoms with Crippen molar-refractivity contribution in [1.29, 1.82) is 0 Å². The molecule has 0 aliphatic carbocycles. The molecule has 1 heterocycles. The number of halogens is 5. The Morgan fingerprint density at radius 1 is 1.21 bits per heavy atom. The fourth-order valence-electron chi connectivity index (χ4n) is 3.57. The minimum Gasteiger partial charge on any atom is -0.496 e. The van der Waals surface area contributed by atoms with Crippen molar-refractivity contribution in [2.45, 2.75) is 38.6 Å². The molecule has 2 aromatic carbocycles. The minimum atomic E-state index is -5.09. The lowest BCUT2D eigenvalue weighted by Crippen LogP contribution is -2.51. The summed E-state index contributed by atoms with van der Waals surface area (Å²) in [7, 11) is 1.28. The van der Waals surface area contributed by atoms with E-state index in [9.17, 15) is 22.7 Å². The summed E-state index contributed by atoms with van der Waals surface area (Å²) in [4.78, 5) is 8.09. The van der Waals surface area contributed by atoms with Gasteiger partial charge in [-0.2, -0.15) is 13.2 Å². The zero-order chi connectivity index (χ0) is 24.6. The maximum atomic E-state index is 14.4. The number of anilines is 1. The van der Waals surface area contributed by atoms with E-state index in [1.165, 1.54) is 51.4 Å². The van der Waals surface area contributed by atoms with Crippen molar-refractivity contribution in [3.63, 3.8) is 0 Å². The van der Waals surface area contributed by atoms with Crippen LogP contribution in [0, 0.1) is 12.7 Å². The van der Waals surface area contributed by atoms with Gasteiger partial charge in [0.2, 0.25) is 5.60 Å². The van der Waals surface area contributed by atoms with Gasteiger partial charge in [0.25, 0.3) is 0 Å². The highest BCUT2D eigenvalue weighted by atomic mass is 35.5. The van der Waals surface area contributed by atoms with Crippen LogP contribution in [0.3, 0.4) is 0 Å². The quantitative estimate of drug-likeness (QED) is 0.325. The third-order valence-electron chi connectivity index (χ3n) is 5.03. The summed E-state index contributed by atoms with van der Waals surface area (Å²) < 4.78 is 62.7. The van der Waals surface area contributed by atoms with E-state index in [1.54, 1.807) is 6.92 Å². The fourth-order valence-corrected chi connectivity index (χ4v) is 3.74. The number of hydrogen-bond acceptors (Lipinski definition) is 5. The van der Waals surface area contributed by atoms with Crippen LogP contribution >= 0.6 is 11.6 Å². The van der Waals surface area contributed by atoms with E-state index in [2.05, 4.69) is 15.3 Å². The topological polar surface area (TPSA) is 67.3 Å². The van der Waals surface area contributed by atoms with E-state index < -0.39 is 23.6 Å². The van der Waals surface area contributed by atoms with Crippen LogP contribution in [0.4, 0.5) is 23.2 Å². The van der Waals surface area contributed by atoms with Gasteiger partial charge >= 0.3 is 6.18 Å². The van der Waals surface area contributed by atoms with Crippen LogP contribution in [-0.2, 0) is 0 Å². The first-order valence-corrected chi connectivity index (χ1v) is 10.2. The second-order valence-corrected chi connectivity index (χ2v) is 8.22. The van der Waals surface area contributed by atoms with Crippen LogP contribution < -0.4 is 10.1 Å². The smallest absolute Gasteiger partial charge is 0.423 e. The average Bonchev–Trinajstić information content (AvgIpc) is 2.72. The van der Waals surface area contributed by atoms with Gasteiger partial charge in [-0.05, 0) is 51.1 Å². The standard InChI is InChI=1S/C23H22ClF4N3O2/c1-12(2)10-22(32,23(26,27)28)21(15-6-5-14(24)9-19(15)33-4)31-18-8-7-17(25)20-16(18)11-29-13(3)30-20/h5-11,21,31-32H,1-4H3/t21-,22+/m1/s1. The maximum Gasteiger partial charge on any atom is 0.423 e. The SMILES string of the molecule is COc1cc(Cl)ccc1[C@@H](Nc1ccc(F)c2nc(C)ncc12)[C@@](O)(C=C(C)C)C(F)(F)F. The molecule has 0 saturated carbocycles. The molecule has 0 bridgehead atoms. The van der Waals surface area contributed by atoms with E-state index in [4.69, 9.17) is 16.3 Å². The number of fused-ring (bicyclic) bond motifs is 1. The first-order valence-electron chi connectivity index (χ1n) is 9.84. The molecule has 0 saturated heterocycles. The van der Waals surface area contributed by atoms with E-state index in [0.29, 0.717) is 5.82 Å². The third kappa shape index (κ3) is 4.89. The van der Waals surface area contributed by atoms with Crippen LogP contribution in [0.1, 0.15) is 31.3 Å². The van der Waals surface area contributed by atoms with Crippen molar-refractivity contribution in [2.24, 2.45) is 0 Å². The van der Waals surface area contributed by atoms with Crippen molar-refractivity contribution in [2.75, 3.05) is 12.4 Å². The van der Waals surface area contributed by atoms with E-state index in [0.717, 1.165) is 12.1 Å². The molecule has 0 radical (unpaired) electrons. The molecule has 0 aliphatic rings. The predicted octanol–water partition coefficient (Wildman–Crippen LogP) is 6.15. The van der Waals surface area contributed by atoms with Crippen molar-refractivity contribution >= 4 is 28.2 Å². The van der Waals surface area contributed by atoms with Gasteiger partial charge in [0.05, 0.1) is 13.2 Å². The molecule has 0 unspecified atom stereocenters. The lowest BCUT2D eigenvalue weighted by atomic mass is 9.85. The number of nitrogens with zero attached hydrogens (tertiary/aromatic N) is 2. The van der Waals surface area contributed by atoms with E-state index in [1.807, 2.05) is 0 Å². The Labute approximate surface area is 193 Å². The Bertz CT molecular complexity index is 1210. The van der Waals surface area contributed by atoms with Gasteiger partial charge in [-0.3, -0.25) is 0 Å². The number of aryl methyl sites for hydroxylation is 1. The molecule has 5 nitrogen and oxygen atoms in total. The molecule has 3 aromatic rings. The van der Waals surface area contributed by atoms with Gasteiger partial charge in [-0.1, -0.05) is 23.2 Å². The molecule has 3 rings (SSSR count). The van der Waals surface area contributed by atoms with Gasteiger partial charge < -0.3 is 15.2 Å². The number of aromatic nitrogens is 2.